The number of benzene rings is 1. The SMILES string of the molecule is Cc1cc(Nc2cnc(C(=O)N[C@H]3CCC[C@@H]3O)c(Nc3ccc(Cl)cc3)n2)n[nH]1. The Hall–Kier alpha value is -3.17. The van der Waals surface area contributed by atoms with Crippen molar-refractivity contribution < 1.29 is 9.90 Å². The predicted molar refractivity (Wildman–Crippen MR) is 114 cm³/mol. The fourth-order valence-electron chi connectivity index (χ4n) is 3.33. The number of amides is 1. The monoisotopic (exact) mass is 427 g/mol. The van der Waals surface area contributed by atoms with Gasteiger partial charge in [-0.25, -0.2) is 9.97 Å². The Morgan fingerprint density at radius 2 is 2.00 bits per heavy atom. The maximum absolute atomic E-state index is 12.9. The van der Waals surface area contributed by atoms with Crippen molar-refractivity contribution in [1.29, 1.82) is 0 Å². The van der Waals surface area contributed by atoms with Crippen LogP contribution in [0.25, 0.3) is 0 Å². The molecule has 156 valence electrons. The zero-order chi connectivity index (χ0) is 21.1. The van der Waals surface area contributed by atoms with Gasteiger partial charge in [0.2, 0.25) is 0 Å². The van der Waals surface area contributed by atoms with Crippen molar-refractivity contribution in [2.75, 3.05) is 10.6 Å². The molecule has 0 spiro atoms. The average Bonchev–Trinajstić information content (AvgIpc) is 3.31. The second-order valence-electron chi connectivity index (χ2n) is 7.22. The number of aliphatic hydroxyl groups is 1. The van der Waals surface area contributed by atoms with E-state index in [0.29, 0.717) is 28.8 Å². The molecule has 1 aromatic carbocycles. The van der Waals surface area contributed by atoms with Crippen LogP contribution in [-0.4, -0.2) is 43.3 Å². The third-order valence-electron chi connectivity index (χ3n) is 4.85. The zero-order valence-corrected chi connectivity index (χ0v) is 17.1. The van der Waals surface area contributed by atoms with Crippen LogP contribution in [0.4, 0.5) is 23.1 Å². The van der Waals surface area contributed by atoms with Gasteiger partial charge >= 0.3 is 0 Å². The predicted octanol–water partition coefficient (Wildman–Crippen LogP) is 3.29. The lowest BCUT2D eigenvalue weighted by molar-refractivity contribution is 0.0869. The molecule has 30 heavy (non-hydrogen) atoms. The highest BCUT2D eigenvalue weighted by atomic mass is 35.5. The van der Waals surface area contributed by atoms with E-state index in [0.717, 1.165) is 18.5 Å². The minimum absolute atomic E-state index is 0.132. The van der Waals surface area contributed by atoms with Crippen LogP contribution in [0.1, 0.15) is 35.4 Å². The highest BCUT2D eigenvalue weighted by Gasteiger charge is 2.28. The molecule has 10 heteroatoms. The number of H-pyrrole nitrogens is 1. The number of aryl methyl sites for hydroxylation is 1. The Labute approximate surface area is 178 Å². The van der Waals surface area contributed by atoms with Gasteiger partial charge in [0.1, 0.15) is 0 Å². The van der Waals surface area contributed by atoms with Crippen LogP contribution in [0.2, 0.25) is 5.02 Å². The third-order valence-corrected chi connectivity index (χ3v) is 5.10. The molecule has 1 aliphatic carbocycles. The molecule has 1 amide bonds. The van der Waals surface area contributed by atoms with Crippen molar-refractivity contribution in [2.45, 2.75) is 38.3 Å². The van der Waals surface area contributed by atoms with Gasteiger partial charge in [-0.05, 0) is 50.5 Å². The first-order valence-corrected chi connectivity index (χ1v) is 10.0. The van der Waals surface area contributed by atoms with E-state index in [9.17, 15) is 9.90 Å². The molecular weight excluding hydrogens is 406 g/mol. The summed E-state index contributed by atoms with van der Waals surface area (Å²) in [6, 6.07) is 8.58. The Morgan fingerprint density at radius 1 is 1.20 bits per heavy atom. The summed E-state index contributed by atoms with van der Waals surface area (Å²) in [5.41, 5.74) is 1.74. The highest BCUT2D eigenvalue weighted by Crippen LogP contribution is 2.24. The van der Waals surface area contributed by atoms with Crippen LogP contribution < -0.4 is 16.0 Å². The summed E-state index contributed by atoms with van der Waals surface area (Å²) in [5.74, 6) is 0.896. The lowest BCUT2D eigenvalue weighted by Gasteiger charge is -2.18. The molecule has 1 fully saturated rings. The highest BCUT2D eigenvalue weighted by molar-refractivity contribution is 6.30. The maximum atomic E-state index is 12.9. The number of anilines is 4. The number of hydrogen-bond donors (Lipinski definition) is 5. The van der Waals surface area contributed by atoms with Crippen LogP contribution in [0.15, 0.2) is 36.5 Å². The topological polar surface area (TPSA) is 128 Å². The van der Waals surface area contributed by atoms with Crippen molar-refractivity contribution in [3.05, 3.63) is 52.9 Å². The molecule has 2 aromatic heterocycles. The van der Waals surface area contributed by atoms with E-state index in [1.807, 2.05) is 13.0 Å². The normalized spacial score (nSPS) is 18.2. The van der Waals surface area contributed by atoms with Gasteiger partial charge in [-0.2, -0.15) is 5.10 Å². The molecule has 2 heterocycles. The number of carbonyl (C=O) groups excluding carboxylic acids is 1. The first-order valence-electron chi connectivity index (χ1n) is 9.65. The van der Waals surface area contributed by atoms with Crippen molar-refractivity contribution >= 4 is 40.6 Å². The second kappa shape index (κ2) is 8.68. The molecule has 5 N–H and O–H groups in total. The van der Waals surface area contributed by atoms with E-state index in [1.165, 1.54) is 6.20 Å². The minimum Gasteiger partial charge on any atom is -0.391 e. The number of carbonyl (C=O) groups is 1. The molecule has 0 saturated heterocycles. The lowest BCUT2D eigenvalue weighted by Crippen LogP contribution is -2.40. The molecule has 1 aliphatic rings. The molecular formula is C20H22ClN7O2. The third kappa shape index (κ3) is 4.69. The number of aromatic amines is 1. The Morgan fingerprint density at radius 3 is 2.67 bits per heavy atom. The minimum atomic E-state index is -0.543. The number of hydrogen-bond acceptors (Lipinski definition) is 7. The summed E-state index contributed by atoms with van der Waals surface area (Å²) < 4.78 is 0. The molecule has 0 unspecified atom stereocenters. The van der Waals surface area contributed by atoms with Crippen LogP contribution in [-0.2, 0) is 0 Å². The Bertz CT molecular complexity index is 1040. The number of nitrogens with one attached hydrogen (secondary N) is 4. The number of nitrogens with zero attached hydrogens (tertiary/aromatic N) is 3. The van der Waals surface area contributed by atoms with Crippen molar-refractivity contribution in [3.63, 3.8) is 0 Å². The van der Waals surface area contributed by atoms with Crippen molar-refractivity contribution in [2.24, 2.45) is 0 Å². The van der Waals surface area contributed by atoms with Gasteiger partial charge < -0.3 is 21.1 Å². The first kappa shape index (κ1) is 20.1. The summed E-state index contributed by atoms with van der Waals surface area (Å²) >= 11 is 5.96. The van der Waals surface area contributed by atoms with E-state index in [4.69, 9.17) is 11.6 Å². The molecule has 4 rings (SSSR count). The molecule has 0 aliphatic heterocycles. The quantitative estimate of drug-likeness (QED) is 0.408. The van der Waals surface area contributed by atoms with Gasteiger partial charge in [-0.15, -0.1) is 0 Å². The van der Waals surface area contributed by atoms with E-state index in [-0.39, 0.29) is 17.6 Å². The summed E-state index contributed by atoms with van der Waals surface area (Å²) in [6.45, 7) is 1.89. The average molecular weight is 428 g/mol. The van der Waals surface area contributed by atoms with Gasteiger partial charge in [0.15, 0.2) is 23.1 Å². The van der Waals surface area contributed by atoms with Crippen LogP contribution in [0, 0.1) is 6.92 Å². The van der Waals surface area contributed by atoms with Crippen LogP contribution >= 0.6 is 11.6 Å². The van der Waals surface area contributed by atoms with Gasteiger partial charge in [-0.1, -0.05) is 11.6 Å². The van der Waals surface area contributed by atoms with Crippen molar-refractivity contribution in [3.8, 4) is 0 Å². The van der Waals surface area contributed by atoms with E-state index >= 15 is 0 Å². The van der Waals surface area contributed by atoms with Gasteiger partial charge in [0.05, 0.1) is 18.3 Å². The summed E-state index contributed by atoms with van der Waals surface area (Å²) in [7, 11) is 0. The second-order valence-corrected chi connectivity index (χ2v) is 7.66. The maximum Gasteiger partial charge on any atom is 0.274 e. The molecule has 2 atom stereocenters. The van der Waals surface area contributed by atoms with Crippen molar-refractivity contribution in [1.82, 2.24) is 25.5 Å². The Balaban J connectivity index is 1.61. The number of rotatable bonds is 6. The fraction of sp³-hybridized carbons (Fsp3) is 0.300. The van der Waals surface area contributed by atoms with Gasteiger partial charge in [0.25, 0.3) is 5.91 Å². The summed E-state index contributed by atoms with van der Waals surface area (Å²) in [4.78, 5) is 21.7. The van der Waals surface area contributed by atoms with E-state index < -0.39 is 12.0 Å². The standard InChI is InChI=1S/C20H22ClN7O2/c1-11-9-16(28-27-11)25-17-10-22-18(20(30)24-14-3-2-4-15(14)29)19(26-17)23-13-7-5-12(21)6-8-13/h5-10,14-15,29H,2-4H2,1H3,(H,24,30)(H3,23,25,26,27,28)/t14-,15-/m0/s1. The van der Waals surface area contributed by atoms with E-state index in [1.54, 1.807) is 24.3 Å². The Kier molecular flexibility index (Phi) is 5.82. The van der Waals surface area contributed by atoms with Gasteiger partial charge in [0, 0.05) is 22.5 Å². The summed E-state index contributed by atoms with van der Waals surface area (Å²) in [6.07, 6.45) is 3.21. The van der Waals surface area contributed by atoms with E-state index in [2.05, 4.69) is 36.1 Å². The largest absolute Gasteiger partial charge is 0.391 e. The number of halogens is 1. The van der Waals surface area contributed by atoms with Gasteiger partial charge in [-0.3, -0.25) is 9.89 Å². The van der Waals surface area contributed by atoms with Crippen LogP contribution in [0.5, 0.6) is 0 Å². The molecule has 3 aromatic rings. The molecule has 9 nitrogen and oxygen atoms in total. The zero-order valence-electron chi connectivity index (χ0n) is 16.3. The number of aromatic nitrogens is 4. The first-order chi connectivity index (χ1) is 14.5. The number of aliphatic hydroxyl groups excluding tert-OH is 1. The smallest absolute Gasteiger partial charge is 0.274 e. The fourth-order valence-corrected chi connectivity index (χ4v) is 3.46. The van der Waals surface area contributed by atoms with Crippen LogP contribution in [0.3, 0.4) is 0 Å². The summed E-state index contributed by atoms with van der Waals surface area (Å²) in [5, 5.41) is 26.6. The molecule has 1 saturated carbocycles. The molecule has 0 radical (unpaired) electrons. The lowest BCUT2D eigenvalue weighted by atomic mass is 10.2. The molecule has 0 bridgehead atoms.